The van der Waals surface area contributed by atoms with Crippen LogP contribution < -0.4 is 5.32 Å². The Kier molecular flexibility index (Phi) is 5.36. The van der Waals surface area contributed by atoms with Gasteiger partial charge in [-0.25, -0.2) is 0 Å². The molecule has 0 aliphatic heterocycles. The number of hydrogen-bond acceptors (Lipinski definition) is 3. The number of benzene rings is 1. The molecule has 0 saturated carbocycles. The molecule has 1 aromatic carbocycles. The van der Waals surface area contributed by atoms with E-state index in [9.17, 15) is 4.79 Å². The van der Waals surface area contributed by atoms with Gasteiger partial charge in [0.05, 0.1) is 19.8 Å². The van der Waals surface area contributed by atoms with Crippen molar-refractivity contribution in [3.63, 3.8) is 0 Å². The van der Waals surface area contributed by atoms with E-state index in [4.69, 9.17) is 9.84 Å². The standard InChI is InChI=1S/C15H21NO3/c17-8-10-19-9-7-16-15(18)11-13-6-5-12-3-1-2-4-14(12)13/h1-4,13,17H,5-11H2,(H,16,18). The van der Waals surface area contributed by atoms with Crippen LogP contribution in [0.15, 0.2) is 24.3 Å². The SMILES string of the molecule is O=C(CC1CCc2ccccc21)NCCOCCO. The fourth-order valence-corrected chi connectivity index (χ4v) is 2.58. The van der Waals surface area contributed by atoms with Gasteiger partial charge in [-0.05, 0) is 29.9 Å². The molecule has 1 aromatic rings. The molecule has 0 spiro atoms. The Bertz CT molecular complexity index is 420. The van der Waals surface area contributed by atoms with E-state index >= 15 is 0 Å². The number of hydrogen-bond donors (Lipinski definition) is 2. The van der Waals surface area contributed by atoms with Crippen LogP contribution in [0.3, 0.4) is 0 Å². The predicted octanol–water partition coefficient (Wildman–Crippen LogP) is 1.23. The second-order valence-corrected chi connectivity index (χ2v) is 4.82. The van der Waals surface area contributed by atoms with Gasteiger partial charge in [-0.15, -0.1) is 0 Å². The molecule has 19 heavy (non-hydrogen) atoms. The highest BCUT2D eigenvalue weighted by Crippen LogP contribution is 2.34. The number of amides is 1. The van der Waals surface area contributed by atoms with Crippen molar-refractivity contribution in [1.29, 1.82) is 0 Å². The average Bonchev–Trinajstić information content (AvgIpc) is 2.82. The molecule has 0 radical (unpaired) electrons. The molecule has 4 heteroatoms. The van der Waals surface area contributed by atoms with Crippen LogP contribution in [0.25, 0.3) is 0 Å². The predicted molar refractivity (Wildman–Crippen MR) is 73.0 cm³/mol. The van der Waals surface area contributed by atoms with Crippen LogP contribution in [0.1, 0.15) is 29.9 Å². The fourth-order valence-electron chi connectivity index (χ4n) is 2.58. The maximum absolute atomic E-state index is 11.8. The van der Waals surface area contributed by atoms with E-state index in [1.807, 2.05) is 6.07 Å². The van der Waals surface area contributed by atoms with Crippen LogP contribution in [0.5, 0.6) is 0 Å². The van der Waals surface area contributed by atoms with Crippen molar-refractivity contribution < 1.29 is 14.6 Å². The summed E-state index contributed by atoms with van der Waals surface area (Å²) in [4.78, 5) is 11.8. The molecule has 0 saturated heterocycles. The topological polar surface area (TPSA) is 58.6 Å². The Morgan fingerprint density at radius 2 is 2.21 bits per heavy atom. The quantitative estimate of drug-likeness (QED) is 0.727. The molecule has 104 valence electrons. The Morgan fingerprint density at radius 1 is 1.37 bits per heavy atom. The van der Waals surface area contributed by atoms with Crippen molar-refractivity contribution in [3.8, 4) is 0 Å². The number of carbonyl (C=O) groups is 1. The minimum Gasteiger partial charge on any atom is -0.394 e. The lowest BCUT2D eigenvalue weighted by Crippen LogP contribution is -2.28. The number of aliphatic hydroxyl groups is 1. The van der Waals surface area contributed by atoms with Crippen molar-refractivity contribution in [2.24, 2.45) is 0 Å². The summed E-state index contributed by atoms with van der Waals surface area (Å²) >= 11 is 0. The summed E-state index contributed by atoms with van der Waals surface area (Å²) in [6.07, 6.45) is 2.69. The van der Waals surface area contributed by atoms with Crippen LogP contribution in [-0.4, -0.2) is 37.4 Å². The highest BCUT2D eigenvalue weighted by atomic mass is 16.5. The minimum atomic E-state index is 0.0206. The van der Waals surface area contributed by atoms with Gasteiger partial charge >= 0.3 is 0 Å². The molecule has 1 unspecified atom stereocenters. The second kappa shape index (κ2) is 7.26. The number of aliphatic hydroxyl groups excluding tert-OH is 1. The van der Waals surface area contributed by atoms with E-state index in [1.54, 1.807) is 0 Å². The summed E-state index contributed by atoms with van der Waals surface area (Å²) in [6.45, 7) is 1.30. The molecule has 2 N–H and O–H groups in total. The number of fused-ring (bicyclic) bond motifs is 1. The molecule has 0 bridgehead atoms. The highest BCUT2D eigenvalue weighted by molar-refractivity contribution is 5.77. The molecule has 4 nitrogen and oxygen atoms in total. The summed E-state index contributed by atoms with van der Waals surface area (Å²) in [5.41, 5.74) is 2.71. The molecule has 0 aromatic heterocycles. The molecule has 1 aliphatic carbocycles. The van der Waals surface area contributed by atoms with Crippen LogP contribution in [-0.2, 0) is 16.0 Å². The smallest absolute Gasteiger partial charge is 0.220 e. The van der Waals surface area contributed by atoms with Gasteiger partial charge in [0.2, 0.25) is 5.91 Å². The Balaban J connectivity index is 1.72. The van der Waals surface area contributed by atoms with E-state index in [1.165, 1.54) is 11.1 Å². The third-order valence-electron chi connectivity index (χ3n) is 3.49. The number of nitrogens with one attached hydrogen (secondary N) is 1. The molecule has 0 heterocycles. The van der Waals surface area contributed by atoms with Crippen molar-refractivity contribution in [2.45, 2.75) is 25.2 Å². The summed E-state index contributed by atoms with van der Waals surface area (Å²) in [7, 11) is 0. The summed E-state index contributed by atoms with van der Waals surface area (Å²) in [5.74, 6) is 0.434. The third-order valence-corrected chi connectivity index (χ3v) is 3.49. The molecular formula is C15H21NO3. The van der Waals surface area contributed by atoms with Gasteiger partial charge in [-0.3, -0.25) is 4.79 Å². The first-order valence-electron chi connectivity index (χ1n) is 6.84. The van der Waals surface area contributed by atoms with Crippen molar-refractivity contribution >= 4 is 5.91 Å². The van der Waals surface area contributed by atoms with Gasteiger partial charge in [0.15, 0.2) is 0 Å². The first kappa shape index (κ1) is 14.0. The molecule has 0 fully saturated rings. The molecule has 1 atom stereocenters. The van der Waals surface area contributed by atoms with Crippen molar-refractivity contribution in [2.75, 3.05) is 26.4 Å². The molecular weight excluding hydrogens is 242 g/mol. The highest BCUT2D eigenvalue weighted by Gasteiger charge is 2.23. The van der Waals surface area contributed by atoms with Crippen molar-refractivity contribution in [3.05, 3.63) is 35.4 Å². The zero-order chi connectivity index (χ0) is 13.5. The first-order valence-corrected chi connectivity index (χ1v) is 6.84. The maximum Gasteiger partial charge on any atom is 0.220 e. The lowest BCUT2D eigenvalue weighted by atomic mass is 9.97. The van der Waals surface area contributed by atoms with Gasteiger partial charge in [-0.1, -0.05) is 24.3 Å². The number of carbonyl (C=O) groups excluding carboxylic acids is 1. The van der Waals surface area contributed by atoms with Crippen LogP contribution in [0, 0.1) is 0 Å². The van der Waals surface area contributed by atoms with Crippen LogP contribution in [0.4, 0.5) is 0 Å². The minimum absolute atomic E-state index is 0.0206. The monoisotopic (exact) mass is 263 g/mol. The normalized spacial score (nSPS) is 17.2. The Labute approximate surface area is 113 Å². The first-order chi connectivity index (χ1) is 9.31. The average molecular weight is 263 g/mol. The zero-order valence-corrected chi connectivity index (χ0v) is 11.1. The molecule has 2 rings (SSSR count). The van der Waals surface area contributed by atoms with Crippen LogP contribution in [0.2, 0.25) is 0 Å². The van der Waals surface area contributed by atoms with Gasteiger partial charge in [0.25, 0.3) is 0 Å². The second-order valence-electron chi connectivity index (χ2n) is 4.82. The number of rotatable bonds is 7. The lowest BCUT2D eigenvalue weighted by molar-refractivity contribution is -0.121. The Morgan fingerprint density at radius 3 is 3.05 bits per heavy atom. The van der Waals surface area contributed by atoms with Gasteiger partial charge < -0.3 is 15.2 Å². The number of ether oxygens (including phenoxy) is 1. The number of aryl methyl sites for hydroxylation is 1. The summed E-state index contributed by atoms with van der Waals surface area (Å²) in [5, 5.41) is 11.4. The summed E-state index contributed by atoms with van der Waals surface area (Å²) < 4.78 is 5.09. The third kappa shape index (κ3) is 4.04. The fraction of sp³-hybridized carbons (Fsp3) is 0.533. The largest absolute Gasteiger partial charge is 0.394 e. The summed E-state index contributed by atoms with van der Waals surface area (Å²) in [6, 6.07) is 8.37. The molecule has 1 aliphatic rings. The molecule has 1 amide bonds. The van der Waals surface area contributed by atoms with E-state index in [0.717, 1.165) is 12.8 Å². The lowest BCUT2D eigenvalue weighted by Gasteiger charge is -2.11. The van der Waals surface area contributed by atoms with Gasteiger partial charge in [-0.2, -0.15) is 0 Å². The van der Waals surface area contributed by atoms with Crippen molar-refractivity contribution in [1.82, 2.24) is 5.32 Å². The van der Waals surface area contributed by atoms with Crippen LogP contribution >= 0.6 is 0 Å². The maximum atomic E-state index is 11.8. The van der Waals surface area contributed by atoms with E-state index in [2.05, 4.69) is 23.5 Å². The van der Waals surface area contributed by atoms with Gasteiger partial charge in [0, 0.05) is 13.0 Å². The van der Waals surface area contributed by atoms with E-state index in [-0.39, 0.29) is 12.5 Å². The van der Waals surface area contributed by atoms with E-state index < -0.39 is 0 Å². The van der Waals surface area contributed by atoms with Gasteiger partial charge in [0.1, 0.15) is 0 Å². The Hall–Kier alpha value is -1.39. The van der Waals surface area contributed by atoms with E-state index in [0.29, 0.717) is 32.1 Å². The zero-order valence-electron chi connectivity index (χ0n) is 11.1.